The molecule has 0 bridgehead atoms. The lowest BCUT2D eigenvalue weighted by atomic mass is 10.1. The largest absolute Gasteiger partial charge is 0.507 e. The fourth-order valence-electron chi connectivity index (χ4n) is 1.59. The number of fused-ring (bicyclic) bond motifs is 1. The summed E-state index contributed by atoms with van der Waals surface area (Å²) in [5.41, 5.74) is 0. The molecule has 0 radical (unpaired) electrons. The van der Waals surface area contributed by atoms with Crippen molar-refractivity contribution < 1.29 is 24.9 Å². The first-order chi connectivity index (χ1) is 8.50. The zero-order valence-electron chi connectivity index (χ0n) is 9.62. The summed E-state index contributed by atoms with van der Waals surface area (Å²) in [6, 6.07) is 7.75. The van der Waals surface area contributed by atoms with Crippen LogP contribution in [0.25, 0.3) is 10.8 Å². The number of phenols is 2. The van der Waals surface area contributed by atoms with Crippen LogP contribution in [0.4, 0.5) is 0 Å². The summed E-state index contributed by atoms with van der Waals surface area (Å²) in [4.78, 5) is 11.2. The number of rotatable bonds is 2. The van der Waals surface area contributed by atoms with Crippen molar-refractivity contribution in [3.05, 3.63) is 30.3 Å². The molecule has 0 aliphatic rings. The van der Waals surface area contributed by atoms with Crippen molar-refractivity contribution in [1.29, 1.82) is 0 Å². The van der Waals surface area contributed by atoms with Gasteiger partial charge in [0.05, 0.1) is 0 Å². The number of phenolic OH excluding ortho intramolecular Hbond substituents is 2. The van der Waals surface area contributed by atoms with Crippen LogP contribution in [0.15, 0.2) is 30.3 Å². The van der Waals surface area contributed by atoms with Crippen molar-refractivity contribution in [2.45, 2.75) is 13.0 Å². The first kappa shape index (κ1) is 12.2. The van der Waals surface area contributed by atoms with Crippen LogP contribution in [-0.2, 0) is 4.79 Å². The molecule has 0 saturated carbocycles. The molecule has 0 fully saturated rings. The predicted molar refractivity (Wildman–Crippen MR) is 64.6 cm³/mol. The van der Waals surface area contributed by atoms with Gasteiger partial charge in [-0.05, 0) is 6.92 Å². The van der Waals surface area contributed by atoms with Gasteiger partial charge < -0.3 is 20.1 Å². The Labute approximate surface area is 103 Å². The molecule has 1 unspecified atom stereocenters. The molecule has 1 atom stereocenters. The molecule has 0 aliphatic heterocycles. The van der Waals surface area contributed by atoms with Crippen LogP contribution in [-0.4, -0.2) is 27.4 Å². The van der Waals surface area contributed by atoms with Crippen molar-refractivity contribution in [3.63, 3.8) is 0 Å². The third-order valence-corrected chi connectivity index (χ3v) is 2.51. The quantitative estimate of drug-likeness (QED) is 0.426. The van der Waals surface area contributed by atoms with Crippen LogP contribution in [0.2, 0.25) is 0 Å². The van der Waals surface area contributed by atoms with Crippen LogP contribution in [0.1, 0.15) is 6.92 Å². The first-order valence-corrected chi connectivity index (χ1v) is 5.34. The average molecular weight is 248 g/mol. The highest BCUT2D eigenvalue weighted by atomic mass is 16.6. The SMILES string of the molecule is CC(O)C(=O)Oc1cc(O)c2ccccc2c1O. The van der Waals surface area contributed by atoms with Gasteiger partial charge in [0.15, 0.2) is 11.5 Å². The number of benzene rings is 2. The van der Waals surface area contributed by atoms with Crippen LogP contribution in [0.5, 0.6) is 17.2 Å². The summed E-state index contributed by atoms with van der Waals surface area (Å²) >= 11 is 0. The molecule has 18 heavy (non-hydrogen) atoms. The molecule has 2 aromatic rings. The zero-order chi connectivity index (χ0) is 13.3. The molecule has 0 saturated heterocycles. The minimum absolute atomic E-state index is 0.114. The second-order valence-corrected chi connectivity index (χ2v) is 3.89. The van der Waals surface area contributed by atoms with Crippen molar-refractivity contribution >= 4 is 16.7 Å². The standard InChI is InChI=1S/C13H12O5/c1-7(14)13(17)18-11-6-10(15)8-4-2-3-5-9(8)12(11)16/h2-7,14-16H,1H3. The van der Waals surface area contributed by atoms with Gasteiger partial charge >= 0.3 is 5.97 Å². The fourth-order valence-corrected chi connectivity index (χ4v) is 1.59. The van der Waals surface area contributed by atoms with Crippen LogP contribution < -0.4 is 4.74 Å². The molecule has 0 heterocycles. The second-order valence-electron chi connectivity index (χ2n) is 3.89. The molecular formula is C13H12O5. The summed E-state index contributed by atoms with van der Waals surface area (Å²) in [6.07, 6.45) is -1.31. The van der Waals surface area contributed by atoms with E-state index in [1.54, 1.807) is 24.3 Å². The molecule has 0 spiro atoms. The molecule has 5 heteroatoms. The van der Waals surface area contributed by atoms with Crippen molar-refractivity contribution in [3.8, 4) is 17.2 Å². The van der Waals surface area contributed by atoms with Crippen LogP contribution in [0.3, 0.4) is 0 Å². The zero-order valence-corrected chi connectivity index (χ0v) is 9.62. The number of carbonyl (C=O) groups excluding carboxylic acids is 1. The number of esters is 1. The van der Waals surface area contributed by atoms with Crippen LogP contribution >= 0.6 is 0 Å². The highest BCUT2D eigenvalue weighted by molar-refractivity contribution is 5.95. The number of aromatic hydroxyl groups is 2. The van der Waals surface area contributed by atoms with Gasteiger partial charge in [0, 0.05) is 16.8 Å². The molecule has 3 N–H and O–H groups in total. The normalized spacial score (nSPS) is 12.3. The number of aliphatic hydroxyl groups is 1. The number of ether oxygens (including phenoxy) is 1. The van der Waals surface area contributed by atoms with Crippen molar-refractivity contribution in [1.82, 2.24) is 0 Å². The number of aliphatic hydroxyl groups excluding tert-OH is 1. The van der Waals surface area contributed by atoms with E-state index >= 15 is 0 Å². The van der Waals surface area contributed by atoms with E-state index < -0.39 is 12.1 Å². The topological polar surface area (TPSA) is 87.0 Å². The predicted octanol–water partition coefficient (Wildman–Crippen LogP) is 1.54. The van der Waals surface area contributed by atoms with Gasteiger partial charge in [0.1, 0.15) is 11.9 Å². The Morgan fingerprint density at radius 2 is 1.83 bits per heavy atom. The minimum Gasteiger partial charge on any atom is -0.507 e. The average Bonchev–Trinajstić information content (AvgIpc) is 2.35. The Morgan fingerprint density at radius 1 is 1.22 bits per heavy atom. The number of hydrogen-bond acceptors (Lipinski definition) is 5. The maximum Gasteiger partial charge on any atom is 0.340 e. The third kappa shape index (κ3) is 2.08. The molecule has 5 nitrogen and oxygen atoms in total. The van der Waals surface area contributed by atoms with E-state index in [2.05, 4.69) is 0 Å². The lowest BCUT2D eigenvalue weighted by Crippen LogP contribution is -2.22. The Kier molecular flexibility index (Phi) is 3.08. The fraction of sp³-hybridized carbons (Fsp3) is 0.154. The lowest BCUT2D eigenvalue weighted by Gasteiger charge is -2.11. The van der Waals surface area contributed by atoms with Gasteiger partial charge in [0.2, 0.25) is 0 Å². The second kappa shape index (κ2) is 4.54. The number of carbonyl (C=O) groups is 1. The van der Waals surface area contributed by atoms with E-state index in [1.807, 2.05) is 0 Å². The third-order valence-electron chi connectivity index (χ3n) is 2.51. The van der Waals surface area contributed by atoms with E-state index in [9.17, 15) is 15.0 Å². The Bertz CT molecular complexity index is 604. The smallest absolute Gasteiger partial charge is 0.340 e. The Balaban J connectivity index is 2.53. The van der Waals surface area contributed by atoms with Crippen molar-refractivity contribution in [2.24, 2.45) is 0 Å². The highest BCUT2D eigenvalue weighted by Crippen LogP contribution is 2.40. The first-order valence-electron chi connectivity index (χ1n) is 5.34. The molecule has 0 aromatic heterocycles. The van der Waals surface area contributed by atoms with E-state index in [-0.39, 0.29) is 17.2 Å². The molecule has 0 amide bonds. The van der Waals surface area contributed by atoms with Gasteiger partial charge in [-0.2, -0.15) is 0 Å². The molecule has 2 aromatic carbocycles. The monoisotopic (exact) mass is 248 g/mol. The molecule has 0 aliphatic carbocycles. The summed E-state index contributed by atoms with van der Waals surface area (Å²) < 4.78 is 4.80. The minimum atomic E-state index is -1.31. The number of hydrogen-bond donors (Lipinski definition) is 3. The van der Waals surface area contributed by atoms with Gasteiger partial charge in [-0.1, -0.05) is 24.3 Å². The molecule has 2 rings (SSSR count). The van der Waals surface area contributed by atoms with E-state index in [0.717, 1.165) is 6.07 Å². The summed E-state index contributed by atoms with van der Waals surface area (Å²) in [5.74, 6) is -1.45. The highest BCUT2D eigenvalue weighted by Gasteiger charge is 2.17. The van der Waals surface area contributed by atoms with Gasteiger partial charge in [-0.15, -0.1) is 0 Å². The van der Waals surface area contributed by atoms with Crippen LogP contribution in [0, 0.1) is 0 Å². The van der Waals surface area contributed by atoms with Gasteiger partial charge in [0.25, 0.3) is 0 Å². The van der Waals surface area contributed by atoms with Gasteiger partial charge in [-0.3, -0.25) is 0 Å². The molecule has 94 valence electrons. The van der Waals surface area contributed by atoms with Crippen molar-refractivity contribution in [2.75, 3.05) is 0 Å². The maximum absolute atomic E-state index is 11.2. The Hall–Kier alpha value is -2.27. The maximum atomic E-state index is 11.2. The van der Waals surface area contributed by atoms with E-state index in [0.29, 0.717) is 10.8 Å². The van der Waals surface area contributed by atoms with Gasteiger partial charge in [-0.25, -0.2) is 4.79 Å². The lowest BCUT2D eigenvalue weighted by molar-refractivity contribution is -0.142. The van der Waals surface area contributed by atoms with E-state index in [4.69, 9.17) is 9.84 Å². The summed E-state index contributed by atoms with van der Waals surface area (Å²) in [6.45, 7) is 1.25. The van der Waals surface area contributed by atoms with E-state index in [1.165, 1.54) is 6.92 Å². The Morgan fingerprint density at radius 3 is 2.44 bits per heavy atom. The summed E-state index contributed by atoms with van der Waals surface area (Å²) in [5, 5.41) is 29.6. The summed E-state index contributed by atoms with van der Waals surface area (Å²) in [7, 11) is 0. The molecular weight excluding hydrogens is 236 g/mol.